The molecule has 0 aliphatic carbocycles. The summed E-state index contributed by atoms with van der Waals surface area (Å²) < 4.78 is 17.6. The average molecular weight is 247 g/mol. The van der Waals surface area contributed by atoms with Gasteiger partial charge in [-0.2, -0.15) is 0 Å². The lowest BCUT2D eigenvalue weighted by molar-refractivity contribution is 0.628. The molecule has 4 heteroatoms. The average Bonchev–Trinajstić information content (AvgIpc) is 2.39. The summed E-state index contributed by atoms with van der Waals surface area (Å²) in [5.74, 6) is 0.514. The lowest BCUT2D eigenvalue weighted by Gasteiger charge is -1.98. The standard InChI is InChI=1S/C13H11FNOP/c14-11-3-5-12(6-4-11)15-9-10-1-7-13(16-17)8-2-10/h1-9H,17H2/b15-9+. The van der Waals surface area contributed by atoms with Crippen molar-refractivity contribution in [3.8, 4) is 5.75 Å². The summed E-state index contributed by atoms with van der Waals surface area (Å²) in [6.07, 6.45) is 1.72. The van der Waals surface area contributed by atoms with Gasteiger partial charge >= 0.3 is 0 Å². The van der Waals surface area contributed by atoms with Crippen LogP contribution in [0.4, 0.5) is 10.1 Å². The van der Waals surface area contributed by atoms with Crippen molar-refractivity contribution in [2.45, 2.75) is 0 Å². The van der Waals surface area contributed by atoms with Crippen molar-refractivity contribution in [1.29, 1.82) is 0 Å². The van der Waals surface area contributed by atoms with Crippen LogP contribution in [-0.2, 0) is 0 Å². The molecule has 86 valence electrons. The molecule has 0 bridgehead atoms. The first kappa shape index (κ1) is 11.7. The van der Waals surface area contributed by atoms with E-state index in [-0.39, 0.29) is 5.82 Å². The minimum Gasteiger partial charge on any atom is -0.480 e. The van der Waals surface area contributed by atoms with Crippen LogP contribution in [-0.4, -0.2) is 6.21 Å². The number of hydrogen-bond acceptors (Lipinski definition) is 2. The molecule has 1 unspecified atom stereocenters. The van der Waals surface area contributed by atoms with E-state index in [1.807, 2.05) is 24.3 Å². The first-order chi connectivity index (χ1) is 8.28. The van der Waals surface area contributed by atoms with Crippen LogP contribution in [0.1, 0.15) is 5.56 Å². The van der Waals surface area contributed by atoms with Gasteiger partial charge in [0.05, 0.1) is 15.2 Å². The highest BCUT2D eigenvalue weighted by molar-refractivity contribution is 7.10. The van der Waals surface area contributed by atoms with Crippen molar-refractivity contribution in [3.05, 3.63) is 59.9 Å². The minimum atomic E-state index is -0.258. The maximum atomic E-state index is 12.7. The third-order valence-corrected chi connectivity index (χ3v) is 2.48. The van der Waals surface area contributed by atoms with Crippen LogP contribution in [0.5, 0.6) is 5.75 Å². The largest absolute Gasteiger partial charge is 0.480 e. The predicted octanol–water partition coefficient (Wildman–Crippen LogP) is 3.75. The zero-order chi connectivity index (χ0) is 12.1. The van der Waals surface area contributed by atoms with E-state index >= 15 is 0 Å². The Hall–Kier alpha value is -1.73. The van der Waals surface area contributed by atoms with E-state index in [4.69, 9.17) is 4.52 Å². The molecule has 0 amide bonds. The number of rotatable bonds is 3. The molecular weight excluding hydrogens is 236 g/mol. The van der Waals surface area contributed by atoms with Crippen molar-refractivity contribution in [3.63, 3.8) is 0 Å². The number of aliphatic imine (C=N–C) groups is 1. The summed E-state index contributed by atoms with van der Waals surface area (Å²) in [6.45, 7) is 0. The molecular formula is C13H11FNOP. The molecule has 0 radical (unpaired) electrons. The molecule has 0 aliphatic rings. The van der Waals surface area contributed by atoms with E-state index in [0.29, 0.717) is 0 Å². The van der Waals surface area contributed by atoms with Crippen LogP contribution in [0.25, 0.3) is 0 Å². The number of hydrogen-bond donors (Lipinski definition) is 0. The Morgan fingerprint density at radius 2 is 1.65 bits per heavy atom. The number of halogens is 1. The molecule has 0 saturated carbocycles. The molecule has 0 spiro atoms. The van der Waals surface area contributed by atoms with Gasteiger partial charge in [-0.25, -0.2) is 4.39 Å². The normalized spacial score (nSPS) is 10.7. The van der Waals surface area contributed by atoms with Gasteiger partial charge in [-0.15, -0.1) is 0 Å². The topological polar surface area (TPSA) is 21.6 Å². The summed E-state index contributed by atoms with van der Waals surface area (Å²) >= 11 is 0. The molecule has 2 aromatic carbocycles. The Morgan fingerprint density at radius 1 is 1.00 bits per heavy atom. The van der Waals surface area contributed by atoms with E-state index in [2.05, 4.69) is 14.5 Å². The van der Waals surface area contributed by atoms with Crippen LogP contribution >= 0.6 is 9.47 Å². The van der Waals surface area contributed by atoms with Gasteiger partial charge in [0.15, 0.2) is 0 Å². The highest BCUT2D eigenvalue weighted by Crippen LogP contribution is 2.15. The molecule has 2 aromatic rings. The van der Waals surface area contributed by atoms with Gasteiger partial charge in [0.2, 0.25) is 0 Å². The monoisotopic (exact) mass is 247 g/mol. The van der Waals surface area contributed by atoms with Gasteiger partial charge in [-0.05, 0) is 54.1 Å². The molecule has 0 saturated heterocycles. The van der Waals surface area contributed by atoms with Crippen molar-refractivity contribution in [2.75, 3.05) is 0 Å². The Kier molecular flexibility index (Phi) is 3.84. The van der Waals surface area contributed by atoms with Crippen LogP contribution in [0.15, 0.2) is 53.5 Å². The third-order valence-electron chi connectivity index (χ3n) is 2.21. The summed E-state index contributed by atoms with van der Waals surface area (Å²) in [6, 6.07) is 13.5. The fourth-order valence-corrected chi connectivity index (χ4v) is 1.47. The van der Waals surface area contributed by atoms with Crippen LogP contribution in [0.3, 0.4) is 0 Å². The minimum absolute atomic E-state index is 0.258. The SMILES string of the molecule is Fc1ccc(/N=C/c2ccc(OP)cc2)cc1. The lowest BCUT2D eigenvalue weighted by Crippen LogP contribution is -1.80. The van der Waals surface area contributed by atoms with Crippen LogP contribution in [0.2, 0.25) is 0 Å². The second-order valence-corrected chi connectivity index (χ2v) is 3.66. The molecule has 0 aliphatic heterocycles. The van der Waals surface area contributed by atoms with Gasteiger partial charge in [-0.1, -0.05) is 0 Å². The maximum absolute atomic E-state index is 12.7. The van der Waals surface area contributed by atoms with Gasteiger partial charge in [0.25, 0.3) is 0 Å². The van der Waals surface area contributed by atoms with E-state index in [1.165, 1.54) is 12.1 Å². The Labute approximate surface area is 101 Å². The van der Waals surface area contributed by atoms with E-state index in [0.717, 1.165) is 17.0 Å². The fourth-order valence-electron chi connectivity index (χ4n) is 1.31. The molecule has 1 atom stereocenters. The first-order valence-electron chi connectivity index (χ1n) is 5.04. The smallest absolute Gasteiger partial charge is 0.123 e. The molecule has 0 heterocycles. The number of benzene rings is 2. The highest BCUT2D eigenvalue weighted by atomic mass is 31.0. The first-order valence-corrected chi connectivity index (χ1v) is 5.51. The molecule has 17 heavy (non-hydrogen) atoms. The zero-order valence-corrected chi connectivity index (χ0v) is 10.2. The predicted molar refractivity (Wildman–Crippen MR) is 70.4 cm³/mol. The zero-order valence-electron chi connectivity index (χ0n) is 9.01. The van der Waals surface area contributed by atoms with Gasteiger partial charge in [-0.3, -0.25) is 4.99 Å². The lowest BCUT2D eigenvalue weighted by atomic mass is 10.2. The Balaban J connectivity index is 2.11. The summed E-state index contributed by atoms with van der Waals surface area (Å²) in [4.78, 5) is 4.24. The van der Waals surface area contributed by atoms with Gasteiger partial charge in [0.1, 0.15) is 11.6 Å². The van der Waals surface area contributed by atoms with Gasteiger partial charge in [0, 0.05) is 6.21 Å². The molecule has 0 aromatic heterocycles. The van der Waals surface area contributed by atoms with Crippen molar-refractivity contribution in [1.82, 2.24) is 0 Å². The Morgan fingerprint density at radius 3 is 2.24 bits per heavy atom. The fraction of sp³-hybridized carbons (Fsp3) is 0. The van der Waals surface area contributed by atoms with Crippen molar-refractivity contribution >= 4 is 21.4 Å². The van der Waals surface area contributed by atoms with E-state index in [9.17, 15) is 4.39 Å². The quantitative estimate of drug-likeness (QED) is 0.598. The summed E-state index contributed by atoms with van der Waals surface area (Å²) in [7, 11) is 2.19. The van der Waals surface area contributed by atoms with E-state index < -0.39 is 0 Å². The second kappa shape index (κ2) is 5.55. The maximum Gasteiger partial charge on any atom is 0.123 e. The van der Waals surface area contributed by atoms with E-state index in [1.54, 1.807) is 18.3 Å². The molecule has 2 rings (SSSR count). The summed E-state index contributed by atoms with van der Waals surface area (Å²) in [5.41, 5.74) is 1.68. The molecule has 0 N–H and O–H groups in total. The highest BCUT2D eigenvalue weighted by Gasteiger charge is 1.92. The number of nitrogens with zero attached hydrogens (tertiary/aromatic N) is 1. The van der Waals surface area contributed by atoms with Crippen molar-refractivity contribution < 1.29 is 8.91 Å². The Bertz CT molecular complexity index is 508. The van der Waals surface area contributed by atoms with Crippen LogP contribution in [0, 0.1) is 5.82 Å². The molecule has 2 nitrogen and oxygen atoms in total. The molecule has 0 fully saturated rings. The van der Waals surface area contributed by atoms with Crippen molar-refractivity contribution in [2.24, 2.45) is 4.99 Å². The van der Waals surface area contributed by atoms with Gasteiger partial charge < -0.3 is 4.52 Å². The summed E-state index contributed by atoms with van der Waals surface area (Å²) in [5, 5.41) is 0. The third kappa shape index (κ3) is 3.36. The second-order valence-electron chi connectivity index (χ2n) is 3.42. The van der Waals surface area contributed by atoms with Crippen LogP contribution < -0.4 is 4.52 Å².